The van der Waals surface area contributed by atoms with E-state index in [0.717, 1.165) is 38.0 Å². The van der Waals surface area contributed by atoms with Gasteiger partial charge in [-0.25, -0.2) is 4.98 Å². The number of aryl methyl sites for hydroxylation is 2. The van der Waals surface area contributed by atoms with Crippen LogP contribution in [0.3, 0.4) is 0 Å². The van der Waals surface area contributed by atoms with Crippen LogP contribution in [-0.2, 0) is 12.8 Å². The zero-order valence-electron chi connectivity index (χ0n) is 17.8. The Bertz CT molecular complexity index is 1220. The molecule has 0 saturated carbocycles. The lowest BCUT2D eigenvalue weighted by Gasteiger charge is -2.26. The molecule has 4 aromatic rings. The highest BCUT2D eigenvalue weighted by atomic mass is 15.2. The zero-order chi connectivity index (χ0) is 20.8. The average Bonchev–Trinajstić information content (AvgIpc) is 3.50. The van der Waals surface area contributed by atoms with Gasteiger partial charge in [0.15, 0.2) is 0 Å². The van der Waals surface area contributed by atoms with E-state index in [2.05, 4.69) is 82.0 Å². The summed E-state index contributed by atoms with van der Waals surface area (Å²) in [7, 11) is 0. The molecule has 31 heavy (non-hydrogen) atoms. The molecule has 1 atom stereocenters. The molecule has 0 bridgehead atoms. The van der Waals surface area contributed by atoms with Gasteiger partial charge in [-0.15, -0.1) is 0 Å². The molecule has 2 aromatic carbocycles. The van der Waals surface area contributed by atoms with Crippen molar-refractivity contribution < 1.29 is 0 Å². The van der Waals surface area contributed by atoms with Gasteiger partial charge in [-0.1, -0.05) is 48.0 Å². The molecule has 0 spiro atoms. The van der Waals surface area contributed by atoms with Gasteiger partial charge in [0.1, 0.15) is 5.82 Å². The first-order chi connectivity index (χ1) is 15.3. The van der Waals surface area contributed by atoms with Gasteiger partial charge < -0.3 is 9.47 Å². The summed E-state index contributed by atoms with van der Waals surface area (Å²) in [5, 5.41) is 0. The third-order valence-electron chi connectivity index (χ3n) is 6.74. The van der Waals surface area contributed by atoms with Crippen LogP contribution < -0.4 is 4.90 Å². The summed E-state index contributed by atoms with van der Waals surface area (Å²) in [6.45, 7) is 4.27. The Labute approximate surface area is 183 Å². The van der Waals surface area contributed by atoms with Gasteiger partial charge in [0.05, 0.1) is 17.4 Å². The van der Waals surface area contributed by atoms with Crippen LogP contribution in [0.2, 0.25) is 0 Å². The fourth-order valence-electron chi connectivity index (χ4n) is 5.20. The number of hydrogen-bond acceptors (Lipinski definition) is 3. The van der Waals surface area contributed by atoms with Crippen molar-refractivity contribution in [3.05, 3.63) is 90.0 Å². The number of imidazole rings is 1. The lowest BCUT2D eigenvalue weighted by Crippen LogP contribution is -2.28. The van der Waals surface area contributed by atoms with Gasteiger partial charge in [-0.3, -0.25) is 4.98 Å². The predicted octanol–water partition coefficient (Wildman–Crippen LogP) is 5.47. The van der Waals surface area contributed by atoms with Crippen LogP contribution in [0.25, 0.3) is 22.5 Å². The Morgan fingerprint density at radius 1 is 0.903 bits per heavy atom. The maximum absolute atomic E-state index is 5.16. The first kappa shape index (κ1) is 18.4. The van der Waals surface area contributed by atoms with Crippen molar-refractivity contribution in [3.63, 3.8) is 0 Å². The summed E-state index contributed by atoms with van der Waals surface area (Å²) in [5.74, 6) is 1.21. The zero-order valence-corrected chi connectivity index (χ0v) is 17.8. The first-order valence-electron chi connectivity index (χ1n) is 11.2. The van der Waals surface area contributed by atoms with Crippen molar-refractivity contribution in [1.82, 2.24) is 14.5 Å². The third kappa shape index (κ3) is 3.14. The van der Waals surface area contributed by atoms with Gasteiger partial charge in [0.2, 0.25) is 0 Å². The molecule has 4 heterocycles. The second-order valence-electron chi connectivity index (χ2n) is 8.71. The molecule has 6 rings (SSSR count). The monoisotopic (exact) mass is 406 g/mol. The second kappa shape index (κ2) is 7.38. The molecule has 0 unspecified atom stereocenters. The number of nitrogens with zero attached hydrogens (tertiary/aromatic N) is 4. The summed E-state index contributed by atoms with van der Waals surface area (Å²) in [6, 6.07) is 22.3. The first-order valence-corrected chi connectivity index (χ1v) is 11.2. The number of pyridine rings is 1. The number of rotatable bonds is 4. The highest BCUT2D eigenvalue weighted by molar-refractivity contribution is 5.79. The van der Waals surface area contributed by atoms with E-state index in [1.807, 2.05) is 12.4 Å². The fourth-order valence-corrected chi connectivity index (χ4v) is 5.20. The molecule has 0 aliphatic carbocycles. The molecule has 0 amide bonds. The normalized spacial score (nSPS) is 17.1. The predicted molar refractivity (Wildman–Crippen MR) is 125 cm³/mol. The number of aromatic nitrogens is 3. The molecule has 2 aromatic heterocycles. The Balaban J connectivity index is 1.43. The molecule has 0 radical (unpaired) electrons. The van der Waals surface area contributed by atoms with Crippen molar-refractivity contribution in [1.29, 1.82) is 0 Å². The maximum Gasteiger partial charge on any atom is 0.110 e. The SMILES string of the molecule is Cc1ccc(-c2nc3n(c2-c2ccncc2)[C@H](CN2CCc4ccccc42)CC3)cc1. The number of fused-ring (bicyclic) bond motifs is 2. The second-order valence-corrected chi connectivity index (χ2v) is 8.71. The van der Waals surface area contributed by atoms with Crippen molar-refractivity contribution in [2.45, 2.75) is 32.2 Å². The molecule has 4 heteroatoms. The lowest BCUT2D eigenvalue weighted by atomic mass is 10.0. The van der Waals surface area contributed by atoms with Gasteiger partial charge in [0.25, 0.3) is 0 Å². The van der Waals surface area contributed by atoms with Crippen LogP contribution in [0.15, 0.2) is 73.1 Å². The van der Waals surface area contributed by atoms with E-state index in [4.69, 9.17) is 4.98 Å². The van der Waals surface area contributed by atoms with E-state index < -0.39 is 0 Å². The number of anilines is 1. The molecule has 2 aliphatic heterocycles. The summed E-state index contributed by atoms with van der Waals surface area (Å²) in [4.78, 5) is 12.0. The topological polar surface area (TPSA) is 34.0 Å². The van der Waals surface area contributed by atoms with Gasteiger partial charge >= 0.3 is 0 Å². The van der Waals surface area contributed by atoms with Crippen LogP contribution in [-0.4, -0.2) is 27.6 Å². The third-order valence-corrected chi connectivity index (χ3v) is 6.74. The standard InChI is InChI=1S/C27H26N4/c1-19-6-8-21(9-7-19)26-27(22-12-15-28-16-13-22)31-23(10-11-25(31)29-26)18-30-17-14-20-4-2-3-5-24(20)30/h2-9,12-13,15-16,23H,10-11,14,17-18H2,1H3/t23-/m0/s1. The minimum absolute atomic E-state index is 0.427. The summed E-state index contributed by atoms with van der Waals surface area (Å²) < 4.78 is 2.52. The molecule has 2 aliphatic rings. The van der Waals surface area contributed by atoms with E-state index in [-0.39, 0.29) is 0 Å². The van der Waals surface area contributed by atoms with Crippen LogP contribution in [0, 0.1) is 6.92 Å². The van der Waals surface area contributed by atoms with Crippen LogP contribution in [0.5, 0.6) is 0 Å². The molecule has 154 valence electrons. The summed E-state index contributed by atoms with van der Waals surface area (Å²) >= 11 is 0. The van der Waals surface area contributed by atoms with Crippen LogP contribution in [0.4, 0.5) is 5.69 Å². The number of hydrogen-bond donors (Lipinski definition) is 0. The van der Waals surface area contributed by atoms with Gasteiger partial charge in [-0.2, -0.15) is 0 Å². The molecule has 0 saturated heterocycles. The Kier molecular flexibility index (Phi) is 4.37. The highest BCUT2D eigenvalue weighted by Crippen LogP contribution is 2.41. The van der Waals surface area contributed by atoms with Crippen molar-refractivity contribution >= 4 is 5.69 Å². The van der Waals surface area contributed by atoms with Gasteiger partial charge in [0, 0.05) is 48.7 Å². The largest absolute Gasteiger partial charge is 0.369 e. The van der Waals surface area contributed by atoms with Crippen molar-refractivity contribution in [2.75, 3.05) is 18.0 Å². The van der Waals surface area contributed by atoms with E-state index in [1.165, 1.54) is 39.5 Å². The molecule has 0 N–H and O–H groups in total. The Morgan fingerprint density at radius 2 is 1.71 bits per heavy atom. The minimum atomic E-state index is 0.427. The summed E-state index contributed by atoms with van der Waals surface area (Å²) in [5.41, 5.74) is 8.85. The van der Waals surface area contributed by atoms with E-state index in [9.17, 15) is 0 Å². The quantitative estimate of drug-likeness (QED) is 0.451. The smallest absolute Gasteiger partial charge is 0.110 e. The van der Waals surface area contributed by atoms with Crippen LogP contribution in [0.1, 0.15) is 29.4 Å². The molecular weight excluding hydrogens is 380 g/mol. The van der Waals surface area contributed by atoms with Crippen LogP contribution >= 0.6 is 0 Å². The fraction of sp³-hybridized carbons (Fsp3) is 0.259. The lowest BCUT2D eigenvalue weighted by molar-refractivity contribution is 0.524. The Hall–Kier alpha value is -3.40. The Morgan fingerprint density at radius 3 is 2.55 bits per heavy atom. The number of benzene rings is 2. The average molecular weight is 407 g/mol. The summed E-state index contributed by atoms with van der Waals surface area (Å²) in [6.07, 6.45) is 7.09. The van der Waals surface area contributed by atoms with E-state index in [0.29, 0.717) is 6.04 Å². The minimum Gasteiger partial charge on any atom is -0.369 e. The van der Waals surface area contributed by atoms with E-state index in [1.54, 1.807) is 0 Å². The van der Waals surface area contributed by atoms with Crippen molar-refractivity contribution in [3.8, 4) is 22.5 Å². The van der Waals surface area contributed by atoms with Crippen molar-refractivity contribution in [2.24, 2.45) is 0 Å². The molecular formula is C27H26N4. The molecule has 4 nitrogen and oxygen atoms in total. The maximum atomic E-state index is 5.16. The van der Waals surface area contributed by atoms with E-state index >= 15 is 0 Å². The highest BCUT2D eigenvalue weighted by Gasteiger charge is 2.32. The van der Waals surface area contributed by atoms with Gasteiger partial charge in [-0.05, 0) is 43.5 Å². The molecule has 0 fully saturated rings. The number of para-hydroxylation sites is 1.